The third-order valence-electron chi connectivity index (χ3n) is 4.93. The third-order valence-corrected chi connectivity index (χ3v) is 4.93. The van der Waals surface area contributed by atoms with Gasteiger partial charge in [0.1, 0.15) is 0 Å². The van der Waals surface area contributed by atoms with Gasteiger partial charge in [-0.05, 0) is 51.5 Å². The maximum Gasteiger partial charge on any atom is 0.292 e. The van der Waals surface area contributed by atoms with Gasteiger partial charge in [-0.15, -0.1) is 0 Å². The van der Waals surface area contributed by atoms with Gasteiger partial charge in [0.15, 0.2) is 5.69 Å². The standard InChI is InChI=1S/C23H27N5O2/c1-5-27(6-2)18-13-11-17(12-14-18)15-24-25-22(29)21-19-9-7-8-10-20(19)23(30)28(26-21)16(3)4/h7-16H,5-6H2,1-4H3,(H,25,29)/b24-15-. The van der Waals surface area contributed by atoms with Gasteiger partial charge < -0.3 is 4.90 Å². The quantitative estimate of drug-likeness (QED) is 0.481. The molecule has 1 heterocycles. The van der Waals surface area contributed by atoms with Gasteiger partial charge in [-0.1, -0.05) is 30.3 Å². The number of benzene rings is 2. The highest BCUT2D eigenvalue weighted by atomic mass is 16.2. The molecule has 0 spiro atoms. The third kappa shape index (κ3) is 4.40. The molecule has 7 nitrogen and oxygen atoms in total. The van der Waals surface area contributed by atoms with E-state index in [1.165, 1.54) is 4.68 Å². The van der Waals surface area contributed by atoms with Crippen LogP contribution >= 0.6 is 0 Å². The number of nitrogens with zero attached hydrogens (tertiary/aromatic N) is 4. The average Bonchev–Trinajstić information content (AvgIpc) is 2.75. The Bertz CT molecular complexity index is 1110. The van der Waals surface area contributed by atoms with E-state index in [0.29, 0.717) is 10.8 Å². The minimum atomic E-state index is -0.461. The van der Waals surface area contributed by atoms with Gasteiger partial charge in [0.05, 0.1) is 17.6 Å². The molecule has 0 bridgehead atoms. The first-order valence-corrected chi connectivity index (χ1v) is 10.2. The number of carbonyl (C=O) groups excluding carboxylic acids is 1. The van der Waals surface area contributed by atoms with E-state index >= 15 is 0 Å². The summed E-state index contributed by atoms with van der Waals surface area (Å²) in [6, 6.07) is 14.8. The molecule has 1 N–H and O–H groups in total. The van der Waals surface area contributed by atoms with Crippen LogP contribution in [0.3, 0.4) is 0 Å². The number of carbonyl (C=O) groups is 1. The van der Waals surface area contributed by atoms with Gasteiger partial charge in [-0.3, -0.25) is 9.59 Å². The number of nitrogens with one attached hydrogen (secondary N) is 1. The Hall–Kier alpha value is -3.48. The molecule has 0 aliphatic rings. The van der Waals surface area contributed by atoms with Crippen LogP contribution in [0.4, 0.5) is 5.69 Å². The Morgan fingerprint density at radius 3 is 2.33 bits per heavy atom. The summed E-state index contributed by atoms with van der Waals surface area (Å²) in [4.78, 5) is 27.6. The second-order valence-corrected chi connectivity index (χ2v) is 7.20. The van der Waals surface area contributed by atoms with Crippen LogP contribution in [-0.2, 0) is 0 Å². The second kappa shape index (κ2) is 9.35. The van der Waals surface area contributed by atoms with Crippen LogP contribution in [0.25, 0.3) is 10.8 Å². The van der Waals surface area contributed by atoms with Crippen LogP contribution < -0.4 is 15.9 Å². The van der Waals surface area contributed by atoms with Crippen molar-refractivity contribution in [2.45, 2.75) is 33.7 Å². The molecular formula is C23H27N5O2. The van der Waals surface area contributed by atoms with Crippen molar-refractivity contribution in [2.75, 3.05) is 18.0 Å². The lowest BCUT2D eigenvalue weighted by atomic mass is 10.1. The number of hydrogen-bond donors (Lipinski definition) is 1. The van der Waals surface area contributed by atoms with Crippen molar-refractivity contribution in [3.05, 3.63) is 70.1 Å². The van der Waals surface area contributed by atoms with E-state index in [-0.39, 0.29) is 17.3 Å². The summed E-state index contributed by atoms with van der Waals surface area (Å²) in [6.45, 7) is 9.83. The predicted octanol–water partition coefficient (Wildman–Crippen LogP) is 3.59. The lowest BCUT2D eigenvalue weighted by molar-refractivity contribution is 0.0949. The van der Waals surface area contributed by atoms with Gasteiger partial charge in [-0.2, -0.15) is 10.2 Å². The van der Waals surface area contributed by atoms with E-state index in [1.807, 2.05) is 38.1 Å². The number of fused-ring (bicyclic) bond motifs is 1. The fourth-order valence-electron chi connectivity index (χ4n) is 3.30. The molecule has 156 valence electrons. The van der Waals surface area contributed by atoms with Gasteiger partial charge >= 0.3 is 0 Å². The number of anilines is 1. The monoisotopic (exact) mass is 405 g/mol. The molecule has 3 rings (SSSR count). The smallest absolute Gasteiger partial charge is 0.292 e. The number of rotatable bonds is 7. The van der Waals surface area contributed by atoms with Gasteiger partial charge in [-0.25, -0.2) is 10.1 Å². The summed E-state index contributed by atoms with van der Waals surface area (Å²) < 4.78 is 1.33. The summed E-state index contributed by atoms with van der Waals surface area (Å²) >= 11 is 0. The molecule has 30 heavy (non-hydrogen) atoms. The molecule has 0 saturated heterocycles. The molecule has 1 aromatic heterocycles. The maximum absolute atomic E-state index is 12.7. The lowest BCUT2D eigenvalue weighted by Gasteiger charge is -2.20. The topological polar surface area (TPSA) is 79.6 Å². The highest BCUT2D eigenvalue weighted by Crippen LogP contribution is 2.15. The van der Waals surface area contributed by atoms with Gasteiger partial charge in [0.2, 0.25) is 0 Å². The Morgan fingerprint density at radius 1 is 1.10 bits per heavy atom. The SMILES string of the molecule is CCN(CC)c1ccc(/C=N\NC(=O)c2nn(C(C)C)c(=O)c3ccccc23)cc1. The fraction of sp³-hybridized carbons (Fsp3) is 0.304. The Kier molecular flexibility index (Phi) is 6.61. The first kappa shape index (κ1) is 21.2. The molecule has 2 aromatic carbocycles. The van der Waals surface area contributed by atoms with E-state index in [2.05, 4.69) is 34.4 Å². The summed E-state index contributed by atoms with van der Waals surface area (Å²) in [5, 5.41) is 9.33. The minimum absolute atomic E-state index is 0.165. The molecule has 0 unspecified atom stereocenters. The zero-order chi connectivity index (χ0) is 21.7. The minimum Gasteiger partial charge on any atom is -0.372 e. The molecular weight excluding hydrogens is 378 g/mol. The number of hydrogen-bond acceptors (Lipinski definition) is 5. The molecule has 0 fully saturated rings. The van der Waals surface area contributed by atoms with Crippen molar-refractivity contribution in [1.82, 2.24) is 15.2 Å². The highest BCUT2D eigenvalue weighted by molar-refractivity contribution is 6.05. The fourth-order valence-corrected chi connectivity index (χ4v) is 3.30. The molecule has 0 aliphatic heterocycles. The summed E-state index contributed by atoms with van der Waals surface area (Å²) in [5.74, 6) is -0.461. The van der Waals surface area contributed by atoms with Crippen molar-refractivity contribution in [1.29, 1.82) is 0 Å². The zero-order valence-electron chi connectivity index (χ0n) is 17.8. The van der Waals surface area contributed by atoms with Crippen molar-refractivity contribution in [3.8, 4) is 0 Å². The van der Waals surface area contributed by atoms with Crippen LogP contribution in [0, 0.1) is 0 Å². The van der Waals surface area contributed by atoms with Crippen molar-refractivity contribution in [3.63, 3.8) is 0 Å². The molecule has 0 aliphatic carbocycles. The van der Waals surface area contributed by atoms with E-state index in [0.717, 1.165) is 24.3 Å². The highest BCUT2D eigenvalue weighted by Gasteiger charge is 2.17. The normalized spacial score (nSPS) is 11.4. The van der Waals surface area contributed by atoms with Crippen molar-refractivity contribution in [2.24, 2.45) is 5.10 Å². The van der Waals surface area contributed by atoms with Crippen LogP contribution in [-0.4, -0.2) is 35.0 Å². The van der Waals surface area contributed by atoms with Crippen LogP contribution in [0.5, 0.6) is 0 Å². The van der Waals surface area contributed by atoms with E-state index < -0.39 is 5.91 Å². The predicted molar refractivity (Wildman–Crippen MR) is 121 cm³/mol. The van der Waals surface area contributed by atoms with Gasteiger partial charge in [0.25, 0.3) is 11.5 Å². The van der Waals surface area contributed by atoms with Crippen LogP contribution in [0.1, 0.15) is 49.8 Å². The molecule has 7 heteroatoms. The number of amides is 1. The lowest BCUT2D eigenvalue weighted by Crippen LogP contribution is -2.30. The van der Waals surface area contributed by atoms with E-state index in [1.54, 1.807) is 30.5 Å². The Morgan fingerprint density at radius 2 is 1.73 bits per heavy atom. The summed E-state index contributed by atoms with van der Waals surface area (Å²) in [6.07, 6.45) is 1.59. The second-order valence-electron chi connectivity index (χ2n) is 7.20. The average molecular weight is 406 g/mol. The molecule has 1 amide bonds. The maximum atomic E-state index is 12.7. The zero-order valence-corrected chi connectivity index (χ0v) is 17.8. The first-order valence-electron chi connectivity index (χ1n) is 10.2. The van der Waals surface area contributed by atoms with E-state index in [9.17, 15) is 9.59 Å². The summed E-state index contributed by atoms with van der Waals surface area (Å²) in [5.41, 5.74) is 4.50. The number of hydrazone groups is 1. The molecule has 3 aromatic rings. The van der Waals surface area contributed by atoms with Gasteiger partial charge in [0, 0.05) is 24.2 Å². The molecule has 0 atom stereocenters. The molecule has 0 radical (unpaired) electrons. The Balaban J connectivity index is 1.82. The Labute approximate surface area is 176 Å². The van der Waals surface area contributed by atoms with Crippen molar-refractivity contribution >= 4 is 28.6 Å². The van der Waals surface area contributed by atoms with Crippen LogP contribution in [0.15, 0.2) is 58.4 Å². The molecule has 0 saturated carbocycles. The van der Waals surface area contributed by atoms with E-state index in [4.69, 9.17) is 0 Å². The van der Waals surface area contributed by atoms with Crippen LogP contribution in [0.2, 0.25) is 0 Å². The summed E-state index contributed by atoms with van der Waals surface area (Å²) in [7, 11) is 0. The largest absolute Gasteiger partial charge is 0.372 e. The first-order chi connectivity index (χ1) is 14.5. The van der Waals surface area contributed by atoms with Crippen molar-refractivity contribution < 1.29 is 4.79 Å². The number of aromatic nitrogens is 2.